The summed E-state index contributed by atoms with van der Waals surface area (Å²) in [7, 11) is 0. The first-order chi connectivity index (χ1) is 13.5. The SMILES string of the molecule is O=C(O)C12C[C@H]3C[C@H](C1)CC(P(=O)(Cl)C14C[C@@H]5C[C@@H](CC(C(=O)O)(C5)C1)C4)(C3)C2. The van der Waals surface area contributed by atoms with Gasteiger partial charge in [-0.05, 0) is 101 Å². The zero-order valence-corrected chi connectivity index (χ0v) is 18.4. The Bertz CT molecular complexity index is 773. The van der Waals surface area contributed by atoms with Crippen LogP contribution in [0.25, 0.3) is 0 Å². The molecule has 0 aromatic rings. The molecule has 8 fully saturated rings. The van der Waals surface area contributed by atoms with Gasteiger partial charge in [0, 0.05) is 10.3 Å². The van der Waals surface area contributed by atoms with Crippen molar-refractivity contribution in [2.45, 2.75) is 87.4 Å². The summed E-state index contributed by atoms with van der Waals surface area (Å²) in [5.74, 6) is -0.243. The summed E-state index contributed by atoms with van der Waals surface area (Å²) in [4.78, 5) is 24.6. The molecule has 8 aliphatic carbocycles. The van der Waals surface area contributed by atoms with Crippen molar-refractivity contribution >= 4 is 29.7 Å². The quantitative estimate of drug-likeness (QED) is 0.575. The average molecular weight is 441 g/mol. The molecule has 0 saturated heterocycles. The first-order valence-corrected chi connectivity index (χ1v) is 13.9. The lowest BCUT2D eigenvalue weighted by atomic mass is 9.48. The molecule has 8 bridgehead atoms. The van der Waals surface area contributed by atoms with Crippen molar-refractivity contribution in [1.29, 1.82) is 0 Å². The van der Waals surface area contributed by atoms with Crippen LogP contribution in [0.4, 0.5) is 0 Å². The molecule has 0 spiro atoms. The van der Waals surface area contributed by atoms with Crippen LogP contribution in [0.1, 0.15) is 77.0 Å². The normalized spacial score (nSPS) is 56.3. The molecule has 0 aliphatic heterocycles. The molecule has 0 amide bonds. The number of hydrogen-bond donors (Lipinski definition) is 2. The molecule has 3 unspecified atom stereocenters. The van der Waals surface area contributed by atoms with Crippen LogP contribution in [-0.2, 0) is 14.2 Å². The van der Waals surface area contributed by atoms with E-state index in [4.69, 9.17) is 11.2 Å². The summed E-state index contributed by atoms with van der Waals surface area (Å²) in [5.41, 5.74) is -1.52. The van der Waals surface area contributed by atoms with Crippen LogP contribution < -0.4 is 0 Å². The van der Waals surface area contributed by atoms with Crippen molar-refractivity contribution in [2.75, 3.05) is 0 Å². The van der Waals surface area contributed by atoms with Crippen molar-refractivity contribution in [3.63, 3.8) is 0 Å². The van der Waals surface area contributed by atoms with Gasteiger partial charge in [0.15, 0.2) is 6.49 Å². The van der Waals surface area contributed by atoms with Gasteiger partial charge < -0.3 is 14.8 Å². The summed E-state index contributed by atoms with van der Waals surface area (Å²) in [5, 5.41) is 19.0. The molecule has 0 heterocycles. The molecule has 2 N–H and O–H groups in total. The minimum atomic E-state index is -3.31. The highest BCUT2D eigenvalue weighted by atomic mass is 35.7. The van der Waals surface area contributed by atoms with Gasteiger partial charge >= 0.3 is 11.9 Å². The van der Waals surface area contributed by atoms with Crippen LogP contribution >= 0.6 is 17.7 Å². The fraction of sp³-hybridized carbons (Fsp3) is 0.909. The minimum Gasteiger partial charge on any atom is -0.481 e. The lowest BCUT2D eigenvalue weighted by molar-refractivity contribution is -0.164. The molecule has 8 saturated carbocycles. The summed E-state index contributed by atoms with van der Waals surface area (Å²) >= 11 is 7.28. The highest BCUT2D eigenvalue weighted by molar-refractivity contribution is 7.91. The van der Waals surface area contributed by atoms with Gasteiger partial charge in [-0.2, -0.15) is 0 Å². The van der Waals surface area contributed by atoms with Gasteiger partial charge in [-0.1, -0.05) is 11.2 Å². The summed E-state index contributed by atoms with van der Waals surface area (Å²) in [6, 6.07) is 0. The number of aliphatic carboxylic acids is 2. The summed E-state index contributed by atoms with van der Waals surface area (Å²) in [6.07, 6.45) is 8.95. The van der Waals surface area contributed by atoms with Crippen molar-refractivity contribution in [3.8, 4) is 0 Å². The van der Waals surface area contributed by atoms with E-state index in [2.05, 4.69) is 0 Å². The Hall–Kier alpha value is -0.540. The van der Waals surface area contributed by atoms with Crippen molar-refractivity contribution in [3.05, 3.63) is 0 Å². The fourth-order valence-electron chi connectivity index (χ4n) is 10.1. The number of hydrogen-bond acceptors (Lipinski definition) is 3. The standard InChI is InChI=1S/C22H30ClO5P/c23-29(28,21-7-13-1-14(8-21)4-19(3-13,11-21)17(24)25)22-9-15-2-16(10-22)6-20(5-15,12-22)18(26)27/h13-16H,1-12H2,(H,24,25)(H,26,27)/t13-,14-,15-,16+,19?,20?,21?,22?,29?/m1/s1. The van der Waals surface area contributed by atoms with Crippen LogP contribution in [0.3, 0.4) is 0 Å². The van der Waals surface area contributed by atoms with E-state index in [1.165, 1.54) is 0 Å². The first-order valence-electron chi connectivity index (χ1n) is 11.3. The lowest BCUT2D eigenvalue weighted by Crippen LogP contribution is -2.63. The van der Waals surface area contributed by atoms with Crippen molar-refractivity contribution < 1.29 is 24.4 Å². The molecule has 0 aromatic carbocycles. The van der Waals surface area contributed by atoms with Crippen LogP contribution in [0.15, 0.2) is 0 Å². The number of halogens is 1. The van der Waals surface area contributed by atoms with Crippen LogP contribution in [0.5, 0.6) is 0 Å². The van der Waals surface area contributed by atoms with Gasteiger partial charge in [0.2, 0.25) is 0 Å². The summed E-state index contributed by atoms with van der Waals surface area (Å²) < 4.78 is 14.8. The Labute approximate surface area is 176 Å². The zero-order chi connectivity index (χ0) is 20.4. The van der Waals surface area contributed by atoms with Gasteiger partial charge in [-0.3, -0.25) is 9.59 Å². The molecule has 8 aliphatic rings. The van der Waals surface area contributed by atoms with Gasteiger partial charge in [0.1, 0.15) is 0 Å². The van der Waals surface area contributed by atoms with E-state index in [9.17, 15) is 24.4 Å². The van der Waals surface area contributed by atoms with E-state index in [-0.39, 0.29) is 0 Å². The second kappa shape index (κ2) is 5.44. The molecule has 29 heavy (non-hydrogen) atoms. The predicted molar refractivity (Wildman–Crippen MR) is 108 cm³/mol. The molecule has 0 aromatic heterocycles. The van der Waals surface area contributed by atoms with Crippen molar-refractivity contribution in [1.82, 2.24) is 0 Å². The number of carbonyl (C=O) groups is 2. The largest absolute Gasteiger partial charge is 0.481 e. The van der Waals surface area contributed by atoms with Gasteiger partial charge in [-0.25, -0.2) is 0 Å². The zero-order valence-electron chi connectivity index (χ0n) is 16.7. The Kier molecular flexibility index (Phi) is 3.59. The molecule has 7 heteroatoms. The Morgan fingerprint density at radius 3 is 1.28 bits per heavy atom. The van der Waals surface area contributed by atoms with E-state index >= 15 is 0 Å². The van der Waals surface area contributed by atoms with E-state index < -0.39 is 39.6 Å². The maximum atomic E-state index is 14.8. The van der Waals surface area contributed by atoms with Gasteiger partial charge in [-0.15, -0.1) is 0 Å². The lowest BCUT2D eigenvalue weighted by Gasteiger charge is -2.67. The fourth-order valence-corrected chi connectivity index (χ4v) is 15.3. The van der Waals surface area contributed by atoms with Crippen LogP contribution in [-0.4, -0.2) is 32.5 Å². The van der Waals surface area contributed by atoms with Crippen LogP contribution in [0.2, 0.25) is 0 Å². The molecule has 7 atom stereocenters. The van der Waals surface area contributed by atoms with E-state index in [1.807, 2.05) is 0 Å². The molecular weight excluding hydrogens is 411 g/mol. The number of carboxylic acids is 2. The third-order valence-electron chi connectivity index (χ3n) is 10.2. The van der Waals surface area contributed by atoms with Gasteiger partial charge in [0.25, 0.3) is 0 Å². The summed E-state index contributed by atoms with van der Waals surface area (Å²) in [6.45, 7) is -3.31. The average Bonchev–Trinajstić information content (AvgIpc) is 2.59. The maximum Gasteiger partial charge on any atom is 0.309 e. The Balaban J connectivity index is 1.45. The highest BCUT2D eigenvalue weighted by Crippen LogP contribution is 2.87. The van der Waals surface area contributed by atoms with E-state index in [0.717, 1.165) is 38.5 Å². The molecular formula is C22H30ClO5P. The van der Waals surface area contributed by atoms with Crippen molar-refractivity contribution in [2.24, 2.45) is 34.5 Å². The van der Waals surface area contributed by atoms with Crippen LogP contribution in [0, 0.1) is 34.5 Å². The molecule has 8 rings (SSSR count). The number of carboxylic acid groups (broad SMARTS) is 2. The third kappa shape index (κ3) is 2.22. The molecule has 160 valence electrons. The van der Waals surface area contributed by atoms with E-state index in [1.54, 1.807) is 0 Å². The second-order valence-electron chi connectivity index (χ2n) is 12.1. The van der Waals surface area contributed by atoms with Gasteiger partial charge in [0.05, 0.1) is 10.8 Å². The highest BCUT2D eigenvalue weighted by Gasteiger charge is 2.74. The Morgan fingerprint density at radius 2 is 1.00 bits per heavy atom. The predicted octanol–water partition coefficient (Wildman–Crippen LogP) is 5.35. The Morgan fingerprint density at radius 1 is 0.690 bits per heavy atom. The topological polar surface area (TPSA) is 91.7 Å². The molecule has 5 nitrogen and oxygen atoms in total. The molecule has 0 radical (unpaired) electrons. The smallest absolute Gasteiger partial charge is 0.309 e. The number of rotatable bonds is 4. The monoisotopic (exact) mass is 440 g/mol. The second-order valence-corrected chi connectivity index (χ2v) is 16.5. The maximum absolute atomic E-state index is 14.8. The van der Waals surface area contributed by atoms with E-state index in [0.29, 0.717) is 62.2 Å². The minimum absolute atomic E-state index is 0.307. The first kappa shape index (κ1) is 19.2. The third-order valence-corrected chi connectivity index (χ3v) is 15.8.